The van der Waals surface area contributed by atoms with Gasteiger partial charge in [0.1, 0.15) is 5.84 Å². The van der Waals surface area contributed by atoms with E-state index in [0.717, 1.165) is 53.3 Å². The number of nitrogens with one attached hydrogen (secondary N) is 2. The van der Waals surface area contributed by atoms with Gasteiger partial charge in [0.25, 0.3) is 5.91 Å². The zero-order valence-electron chi connectivity index (χ0n) is 18.1. The summed E-state index contributed by atoms with van der Waals surface area (Å²) in [6.07, 6.45) is 5.80. The molecule has 0 bridgehead atoms. The Morgan fingerprint density at radius 1 is 1.18 bits per heavy atom. The topological polar surface area (TPSA) is 109 Å². The third-order valence-electron chi connectivity index (χ3n) is 5.92. The van der Waals surface area contributed by atoms with E-state index in [1.165, 1.54) is 11.5 Å². The summed E-state index contributed by atoms with van der Waals surface area (Å²) in [5.74, 6) is 0.459. The molecule has 168 valence electrons. The van der Waals surface area contributed by atoms with Crippen molar-refractivity contribution in [3.63, 3.8) is 0 Å². The van der Waals surface area contributed by atoms with Crippen molar-refractivity contribution in [2.45, 2.75) is 18.9 Å². The molecule has 3 heterocycles. The molecule has 8 nitrogen and oxygen atoms in total. The van der Waals surface area contributed by atoms with Gasteiger partial charge < -0.3 is 21.3 Å². The first-order valence-corrected chi connectivity index (χ1v) is 11.7. The molecular formula is C24H25N7OS. The van der Waals surface area contributed by atoms with Gasteiger partial charge in [0.05, 0.1) is 29.5 Å². The molecular weight excluding hydrogens is 434 g/mol. The summed E-state index contributed by atoms with van der Waals surface area (Å²) < 4.78 is 3.88. The summed E-state index contributed by atoms with van der Waals surface area (Å²) in [5.41, 5.74) is 10.4. The minimum absolute atomic E-state index is 0.158. The molecule has 0 unspecified atom stereocenters. The lowest BCUT2D eigenvalue weighted by Gasteiger charge is -2.39. The van der Waals surface area contributed by atoms with Crippen molar-refractivity contribution in [1.29, 1.82) is 0 Å². The van der Waals surface area contributed by atoms with Crippen molar-refractivity contribution in [3.05, 3.63) is 72.1 Å². The number of aliphatic imine (C=N–C) groups is 1. The van der Waals surface area contributed by atoms with E-state index in [1.807, 2.05) is 54.7 Å². The minimum Gasteiger partial charge on any atom is -0.386 e. The van der Waals surface area contributed by atoms with Gasteiger partial charge in [-0.1, -0.05) is 28.8 Å². The Balaban J connectivity index is 1.33. The molecule has 1 saturated heterocycles. The molecule has 1 fully saturated rings. The SMILES string of the molecule is NC1=NC=C(c2cccc(NC(=O)c3ccc(-c4cnns4)cc3)c2)N([C@H]2CCCNC2)C1. The van der Waals surface area contributed by atoms with Gasteiger partial charge in [-0.3, -0.25) is 4.79 Å². The molecule has 1 atom stereocenters. The highest BCUT2D eigenvalue weighted by Gasteiger charge is 2.26. The van der Waals surface area contributed by atoms with E-state index >= 15 is 0 Å². The quantitative estimate of drug-likeness (QED) is 0.541. The van der Waals surface area contributed by atoms with Crippen LogP contribution in [0.2, 0.25) is 0 Å². The Hall–Kier alpha value is -3.56. The second kappa shape index (κ2) is 9.51. The van der Waals surface area contributed by atoms with E-state index in [2.05, 4.69) is 30.1 Å². The number of aromatic nitrogens is 2. The average molecular weight is 460 g/mol. The van der Waals surface area contributed by atoms with Crippen LogP contribution in [0.15, 0.2) is 65.9 Å². The van der Waals surface area contributed by atoms with Crippen LogP contribution in [0.5, 0.6) is 0 Å². The van der Waals surface area contributed by atoms with Crippen LogP contribution in [0.1, 0.15) is 28.8 Å². The van der Waals surface area contributed by atoms with Crippen LogP contribution in [0.3, 0.4) is 0 Å². The number of carbonyl (C=O) groups excluding carboxylic acids is 1. The summed E-state index contributed by atoms with van der Waals surface area (Å²) in [6.45, 7) is 2.58. The van der Waals surface area contributed by atoms with Crippen molar-refractivity contribution < 1.29 is 4.79 Å². The number of nitrogens with two attached hydrogens (primary N) is 1. The number of carbonyl (C=O) groups is 1. The summed E-state index contributed by atoms with van der Waals surface area (Å²) in [6, 6.07) is 15.7. The first kappa shape index (κ1) is 21.3. The summed E-state index contributed by atoms with van der Waals surface area (Å²) >= 11 is 1.33. The fraction of sp³-hybridized carbons (Fsp3) is 0.250. The van der Waals surface area contributed by atoms with E-state index in [1.54, 1.807) is 6.20 Å². The molecule has 1 amide bonds. The fourth-order valence-corrected chi connectivity index (χ4v) is 4.74. The Kier molecular flexibility index (Phi) is 6.14. The molecule has 0 spiro atoms. The molecule has 3 aromatic rings. The Morgan fingerprint density at radius 3 is 2.82 bits per heavy atom. The molecule has 5 rings (SSSR count). The highest BCUT2D eigenvalue weighted by molar-refractivity contribution is 7.09. The Morgan fingerprint density at radius 2 is 2.06 bits per heavy atom. The molecule has 4 N–H and O–H groups in total. The average Bonchev–Trinajstić information content (AvgIpc) is 3.40. The van der Waals surface area contributed by atoms with E-state index in [4.69, 9.17) is 5.73 Å². The van der Waals surface area contributed by atoms with E-state index in [-0.39, 0.29) is 5.91 Å². The van der Waals surface area contributed by atoms with Gasteiger partial charge in [-0.25, -0.2) is 4.99 Å². The lowest BCUT2D eigenvalue weighted by atomic mass is 10.0. The maximum Gasteiger partial charge on any atom is 0.255 e. The highest BCUT2D eigenvalue weighted by Crippen LogP contribution is 2.28. The number of anilines is 1. The van der Waals surface area contributed by atoms with Gasteiger partial charge in [-0.2, -0.15) is 0 Å². The van der Waals surface area contributed by atoms with Crippen molar-refractivity contribution in [1.82, 2.24) is 19.8 Å². The number of rotatable bonds is 5. The maximum absolute atomic E-state index is 12.8. The van der Waals surface area contributed by atoms with Crippen LogP contribution < -0.4 is 16.4 Å². The number of benzene rings is 2. The molecule has 2 aromatic carbocycles. The highest BCUT2D eigenvalue weighted by atomic mass is 32.1. The third-order valence-corrected chi connectivity index (χ3v) is 6.63. The zero-order valence-corrected chi connectivity index (χ0v) is 18.9. The summed E-state index contributed by atoms with van der Waals surface area (Å²) in [4.78, 5) is 20.5. The monoisotopic (exact) mass is 459 g/mol. The lowest BCUT2D eigenvalue weighted by molar-refractivity contribution is 0.102. The van der Waals surface area contributed by atoms with Crippen LogP contribution in [0.25, 0.3) is 16.1 Å². The number of piperidine rings is 1. The van der Waals surface area contributed by atoms with Gasteiger partial charge in [0, 0.05) is 29.4 Å². The standard InChI is InChI=1S/C24H25N7OS/c25-23-15-31(20-5-2-10-26-12-20)21(13-27-23)18-3-1-4-19(11-18)29-24(32)17-8-6-16(7-9-17)22-14-28-30-33-22/h1,3-4,6-9,11,13-14,20,26H,2,5,10,12,15H2,(H2,25,27)(H,29,32)/t20-/m0/s1. The number of amidine groups is 1. The van der Waals surface area contributed by atoms with Gasteiger partial charge in [-0.15, -0.1) is 5.10 Å². The minimum atomic E-state index is -0.158. The lowest BCUT2D eigenvalue weighted by Crippen LogP contribution is -2.48. The van der Waals surface area contributed by atoms with Gasteiger partial charge in [-0.05, 0) is 60.7 Å². The maximum atomic E-state index is 12.8. The molecule has 33 heavy (non-hydrogen) atoms. The molecule has 2 aliphatic heterocycles. The van der Waals surface area contributed by atoms with Crippen LogP contribution in [0.4, 0.5) is 5.69 Å². The number of hydrogen-bond acceptors (Lipinski definition) is 8. The molecule has 0 aliphatic carbocycles. The van der Waals surface area contributed by atoms with E-state index < -0.39 is 0 Å². The first-order valence-electron chi connectivity index (χ1n) is 11.0. The normalized spacial score (nSPS) is 18.4. The predicted molar refractivity (Wildman–Crippen MR) is 132 cm³/mol. The van der Waals surface area contributed by atoms with Gasteiger partial charge in [0.15, 0.2) is 0 Å². The summed E-state index contributed by atoms with van der Waals surface area (Å²) in [7, 11) is 0. The Labute approximate surface area is 196 Å². The van der Waals surface area contributed by atoms with E-state index in [0.29, 0.717) is 24.0 Å². The largest absolute Gasteiger partial charge is 0.386 e. The fourth-order valence-electron chi connectivity index (χ4n) is 4.22. The third kappa shape index (κ3) is 4.79. The van der Waals surface area contributed by atoms with Crippen molar-refractivity contribution >= 4 is 34.7 Å². The number of nitrogens with zero attached hydrogens (tertiary/aromatic N) is 4. The molecule has 0 radical (unpaired) electrons. The molecule has 2 aliphatic rings. The van der Waals surface area contributed by atoms with Crippen LogP contribution in [0, 0.1) is 0 Å². The van der Waals surface area contributed by atoms with Gasteiger partial charge in [0.2, 0.25) is 0 Å². The summed E-state index contributed by atoms with van der Waals surface area (Å²) in [5, 5.41) is 10.4. The predicted octanol–water partition coefficient (Wildman–Crippen LogP) is 3.18. The molecule has 9 heteroatoms. The van der Waals surface area contributed by atoms with Crippen LogP contribution >= 0.6 is 11.5 Å². The second-order valence-corrected chi connectivity index (χ2v) is 8.94. The van der Waals surface area contributed by atoms with Crippen LogP contribution in [-0.4, -0.2) is 51.9 Å². The molecule has 1 aromatic heterocycles. The number of hydrogen-bond donors (Lipinski definition) is 3. The van der Waals surface area contributed by atoms with Crippen molar-refractivity contribution in [2.24, 2.45) is 10.7 Å². The first-order chi connectivity index (χ1) is 16.2. The van der Waals surface area contributed by atoms with Gasteiger partial charge >= 0.3 is 0 Å². The van der Waals surface area contributed by atoms with Crippen molar-refractivity contribution in [2.75, 3.05) is 25.0 Å². The number of amides is 1. The van der Waals surface area contributed by atoms with E-state index in [9.17, 15) is 4.79 Å². The zero-order chi connectivity index (χ0) is 22.6. The Bertz CT molecular complexity index is 1180. The van der Waals surface area contributed by atoms with Crippen molar-refractivity contribution in [3.8, 4) is 10.4 Å². The molecule has 0 saturated carbocycles. The smallest absolute Gasteiger partial charge is 0.255 e. The van der Waals surface area contributed by atoms with Crippen LogP contribution in [-0.2, 0) is 0 Å². The second-order valence-electron chi connectivity index (χ2n) is 8.16.